The van der Waals surface area contributed by atoms with Crippen molar-refractivity contribution in [3.8, 4) is 0 Å². The van der Waals surface area contributed by atoms with Crippen LogP contribution in [-0.2, 0) is 11.3 Å². The van der Waals surface area contributed by atoms with Gasteiger partial charge in [0, 0.05) is 39.0 Å². The Bertz CT molecular complexity index is 392. The molecule has 0 saturated heterocycles. The van der Waals surface area contributed by atoms with E-state index in [1.54, 1.807) is 24.5 Å². The zero-order chi connectivity index (χ0) is 14.3. The zero-order valence-electron chi connectivity index (χ0n) is 12.0. The molecule has 0 aliphatic rings. The second-order valence-electron chi connectivity index (χ2n) is 4.53. The number of imidazole rings is 1. The van der Waals surface area contributed by atoms with Gasteiger partial charge < -0.3 is 19.9 Å². The van der Waals surface area contributed by atoms with E-state index in [9.17, 15) is 4.79 Å². The first-order valence-electron chi connectivity index (χ1n) is 6.65. The van der Waals surface area contributed by atoms with Crippen LogP contribution >= 0.6 is 0 Å². The van der Waals surface area contributed by atoms with Crippen LogP contribution in [0.2, 0.25) is 0 Å². The van der Waals surface area contributed by atoms with E-state index in [1.165, 1.54) is 0 Å². The molecule has 19 heavy (non-hydrogen) atoms. The van der Waals surface area contributed by atoms with E-state index in [0.29, 0.717) is 31.9 Å². The number of hydrogen-bond acceptors (Lipinski definition) is 4. The van der Waals surface area contributed by atoms with E-state index in [4.69, 9.17) is 10.5 Å². The highest BCUT2D eigenvalue weighted by Gasteiger charge is 2.21. The largest absolute Gasteiger partial charge is 0.383 e. The van der Waals surface area contributed by atoms with E-state index < -0.39 is 0 Å². The Balaban J connectivity index is 2.78. The molecular weight excluding hydrogens is 244 g/mol. The number of methoxy groups -OCH3 is 1. The third-order valence-corrected chi connectivity index (χ3v) is 3.16. The summed E-state index contributed by atoms with van der Waals surface area (Å²) in [6.07, 6.45) is 4.29. The molecule has 6 heteroatoms. The van der Waals surface area contributed by atoms with E-state index in [0.717, 1.165) is 6.42 Å². The molecule has 1 heterocycles. The number of amides is 1. The van der Waals surface area contributed by atoms with Gasteiger partial charge >= 0.3 is 0 Å². The van der Waals surface area contributed by atoms with Crippen molar-refractivity contribution < 1.29 is 9.53 Å². The average molecular weight is 268 g/mol. The molecule has 0 radical (unpaired) electrons. The summed E-state index contributed by atoms with van der Waals surface area (Å²) in [7, 11) is 1.63. The lowest BCUT2D eigenvalue weighted by Crippen LogP contribution is -2.40. The molecule has 0 aliphatic heterocycles. The van der Waals surface area contributed by atoms with Crippen molar-refractivity contribution in [2.45, 2.75) is 32.9 Å². The van der Waals surface area contributed by atoms with Crippen LogP contribution in [0.15, 0.2) is 12.5 Å². The fourth-order valence-electron chi connectivity index (χ4n) is 1.82. The number of carbonyl (C=O) groups is 1. The first-order valence-corrected chi connectivity index (χ1v) is 6.65. The highest BCUT2D eigenvalue weighted by Crippen LogP contribution is 2.09. The molecule has 1 aromatic rings. The van der Waals surface area contributed by atoms with Gasteiger partial charge in [0.25, 0.3) is 5.91 Å². The summed E-state index contributed by atoms with van der Waals surface area (Å²) >= 11 is 0. The highest BCUT2D eigenvalue weighted by molar-refractivity contribution is 5.92. The maximum absolute atomic E-state index is 12.4. The lowest BCUT2D eigenvalue weighted by Gasteiger charge is -2.27. The molecule has 0 bridgehead atoms. The van der Waals surface area contributed by atoms with Gasteiger partial charge in [-0.25, -0.2) is 4.98 Å². The van der Waals surface area contributed by atoms with Crippen molar-refractivity contribution in [1.82, 2.24) is 14.5 Å². The number of rotatable bonds is 8. The molecule has 1 amide bonds. The normalized spacial score (nSPS) is 12.4. The maximum Gasteiger partial charge on any atom is 0.274 e. The molecule has 0 spiro atoms. The average Bonchev–Trinajstić information content (AvgIpc) is 2.87. The zero-order valence-corrected chi connectivity index (χ0v) is 12.0. The van der Waals surface area contributed by atoms with Crippen molar-refractivity contribution in [3.63, 3.8) is 0 Å². The number of aromatic nitrogens is 2. The third kappa shape index (κ3) is 4.33. The summed E-state index contributed by atoms with van der Waals surface area (Å²) in [6.45, 7) is 6.40. The van der Waals surface area contributed by atoms with Crippen LogP contribution in [-0.4, -0.2) is 53.2 Å². The van der Waals surface area contributed by atoms with Crippen LogP contribution in [0.4, 0.5) is 0 Å². The maximum atomic E-state index is 12.4. The van der Waals surface area contributed by atoms with Crippen molar-refractivity contribution >= 4 is 5.91 Å². The SMILES string of the molecule is CCC(C)N(CCOC)C(=O)c1cn(CCN)cn1. The standard InChI is InChI=1S/C13H24N4O2/c1-4-11(2)17(7-8-19-3)13(18)12-9-16(6-5-14)10-15-12/h9-11H,4-8,14H2,1-3H3. The molecule has 0 saturated carbocycles. The van der Waals surface area contributed by atoms with Gasteiger partial charge in [-0.05, 0) is 13.3 Å². The summed E-state index contributed by atoms with van der Waals surface area (Å²) in [5.41, 5.74) is 5.94. The molecule has 1 rings (SSSR count). The minimum absolute atomic E-state index is 0.0535. The summed E-state index contributed by atoms with van der Waals surface area (Å²) in [6, 6.07) is 0.169. The molecule has 2 N–H and O–H groups in total. The molecule has 1 atom stereocenters. The minimum atomic E-state index is -0.0535. The van der Waals surface area contributed by atoms with Crippen LogP contribution in [0.25, 0.3) is 0 Å². The predicted octanol–water partition coefficient (Wildman–Crippen LogP) is 0.729. The lowest BCUT2D eigenvalue weighted by molar-refractivity contribution is 0.0608. The van der Waals surface area contributed by atoms with Gasteiger partial charge in [-0.3, -0.25) is 4.79 Å². The lowest BCUT2D eigenvalue weighted by atomic mass is 10.2. The molecule has 0 fully saturated rings. The van der Waals surface area contributed by atoms with E-state index in [1.807, 2.05) is 11.5 Å². The fourth-order valence-corrected chi connectivity index (χ4v) is 1.82. The second kappa shape index (κ2) is 7.91. The summed E-state index contributed by atoms with van der Waals surface area (Å²) in [5.74, 6) is -0.0535. The molecule has 0 aromatic carbocycles. The quantitative estimate of drug-likeness (QED) is 0.754. The summed E-state index contributed by atoms with van der Waals surface area (Å²) in [4.78, 5) is 18.4. The predicted molar refractivity (Wildman–Crippen MR) is 73.9 cm³/mol. The van der Waals surface area contributed by atoms with Gasteiger partial charge in [0.2, 0.25) is 0 Å². The number of nitrogens with two attached hydrogens (primary N) is 1. The van der Waals surface area contributed by atoms with Crippen LogP contribution < -0.4 is 5.73 Å². The van der Waals surface area contributed by atoms with Crippen molar-refractivity contribution in [2.24, 2.45) is 5.73 Å². The van der Waals surface area contributed by atoms with Gasteiger partial charge in [0.15, 0.2) is 0 Å². The Morgan fingerprint density at radius 3 is 2.95 bits per heavy atom. The topological polar surface area (TPSA) is 73.4 Å². The van der Waals surface area contributed by atoms with E-state index in [2.05, 4.69) is 11.9 Å². The minimum Gasteiger partial charge on any atom is -0.383 e. The van der Waals surface area contributed by atoms with E-state index >= 15 is 0 Å². The smallest absolute Gasteiger partial charge is 0.274 e. The fraction of sp³-hybridized carbons (Fsp3) is 0.692. The third-order valence-electron chi connectivity index (χ3n) is 3.16. The number of carbonyl (C=O) groups excluding carboxylic acids is 1. The van der Waals surface area contributed by atoms with Gasteiger partial charge in [-0.1, -0.05) is 6.92 Å². The van der Waals surface area contributed by atoms with Gasteiger partial charge in [-0.15, -0.1) is 0 Å². The van der Waals surface area contributed by atoms with Gasteiger partial charge in [-0.2, -0.15) is 0 Å². The summed E-state index contributed by atoms with van der Waals surface area (Å²) < 4.78 is 6.89. The van der Waals surface area contributed by atoms with Crippen LogP contribution in [0.5, 0.6) is 0 Å². The molecule has 0 aliphatic carbocycles. The number of nitrogens with zero attached hydrogens (tertiary/aromatic N) is 3. The molecule has 108 valence electrons. The Hall–Kier alpha value is -1.40. The molecular formula is C13H24N4O2. The molecule has 1 unspecified atom stereocenters. The Morgan fingerprint density at radius 2 is 2.37 bits per heavy atom. The summed E-state index contributed by atoms with van der Waals surface area (Å²) in [5, 5.41) is 0. The van der Waals surface area contributed by atoms with Crippen molar-refractivity contribution in [1.29, 1.82) is 0 Å². The molecule has 1 aromatic heterocycles. The van der Waals surface area contributed by atoms with Gasteiger partial charge in [0.05, 0.1) is 12.9 Å². The first-order chi connectivity index (χ1) is 9.13. The highest BCUT2D eigenvalue weighted by atomic mass is 16.5. The monoisotopic (exact) mass is 268 g/mol. The van der Waals surface area contributed by atoms with Crippen molar-refractivity contribution in [2.75, 3.05) is 26.8 Å². The Kier molecular flexibility index (Phi) is 6.52. The van der Waals surface area contributed by atoms with Crippen LogP contribution in [0.1, 0.15) is 30.8 Å². The first kappa shape index (κ1) is 15.7. The van der Waals surface area contributed by atoms with Crippen LogP contribution in [0, 0.1) is 0 Å². The second-order valence-corrected chi connectivity index (χ2v) is 4.53. The van der Waals surface area contributed by atoms with E-state index in [-0.39, 0.29) is 11.9 Å². The van der Waals surface area contributed by atoms with Gasteiger partial charge in [0.1, 0.15) is 5.69 Å². The van der Waals surface area contributed by atoms with Crippen LogP contribution in [0.3, 0.4) is 0 Å². The Morgan fingerprint density at radius 1 is 1.63 bits per heavy atom. The van der Waals surface area contributed by atoms with Crippen molar-refractivity contribution in [3.05, 3.63) is 18.2 Å². The Labute approximate surface area is 114 Å². The number of ether oxygens (including phenoxy) is 1. The molecule has 6 nitrogen and oxygen atoms in total. The number of hydrogen-bond donors (Lipinski definition) is 1.